The van der Waals surface area contributed by atoms with Crippen molar-refractivity contribution in [2.75, 3.05) is 5.01 Å². The van der Waals surface area contributed by atoms with E-state index in [1.54, 1.807) is 22.9 Å². The Kier molecular flexibility index (Phi) is 5.11. The molecule has 1 aliphatic heterocycles. The van der Waals surface area contributed by atoms with Gasteiger partial charge in [0.1, 0.15) is 11.5 Å². The average Bonchev–Trinajstić information content (AvgIpc) is 3.35. The lowest BCUT2D eigenvalue weighted by Gasteiger charge is -2.20. The molecule has 1 aromatic carbocycles. The SMILES string of the molecule is Cc1ccc(C)n1N1C(=O)C(=Cc2ccc(-c3cccc(C(F)(F)F)c3)o2)SC1=S. The van der Waals surface area contributed by atoms with E-state index in [1.807, 2.05) is 26.0 Å². The fourth-order valence-electron chi connectivity index (χ4n) is 3.17. The molecule has 0 atom stereocenters. The normalized spacial score (nSPS) is 16.2. The fourth-order valence-corrected chi connectivity index (χ4v) is 4.39. The van der Waals surface area contributed by atoms with Gasteiger partial charge in [0.2, 0.25) is 0 Å². The van der Waals surface area contributed by atoms with E-state index >= 15 is 0 Å². The van der Waals surface area contributed by atoms with Crippen molar-refractivity contribution in [2.45, 2.75) is 20.0 Å². The van der Waals surface area contributed by atoms with Gasteiger partial charge in [-0.05, 0) is 62.5 Å². The summed E-state index contributed by atoms with van der Waals surface area (Å²) >= 11 is 6.52. The summed E-state index contributed by atoms with van der Waals surface area (Å²) in [6.45, 7) is 3.76. The van der Waals surface area contributed by atoms with Gasteiger partial charge in [0.25, 0.3) is 5.91 Å². The molecule has 1 saturated heterocycles. The van der Waals surface area contributed by atoms with Crippen molar-refractivity contribution in [3.63, 3.8) is 0 Å². The summed E-state index contributed by atoms with van der Waals surface area (Å²) in [4.78, 5) is 13.3. The highest BCUT2D eigenvalue weighted by molar-refractivity contribution is 8.27. The first-order valence-electron chi connectivity index (χ1n) is 8.86. The van der Waals surface area contributed by atoms with Crippen LogP contribution in [0.2, 0.25) is 0 Å². The summed E-state index contributed by atoms with van der Waals surface area (Å²) in [5, 5.41) is 1.42. The molecule has 3 aromatic rings. The molecule has 0 spiro atoms. The minimum Gasteiger partial charge on any atom is -0.457 e. The lowest BCUT2D eigenvalue weighted by molar-refractivity contribution is -0.137. The van der Waals surface area contributed by atoms with Crippen molar-refractivity contribution in [1.82, 2.24) is 4.68 Å². The number of carbonyl (C=O) groups is 1. The molecule has 1 amide bonds. The van der Waals surface area contributed by atoms with Crippen LogP contribution in [0.3, 0.4) is 0 Å². The van der Waals surface area contributed by atoms with Gasteiger partial charge in [-0.2, -0.15) is 18.2 Å². The predicted octanol–water partition coefficient (Wildman–Crippen LogP) is 5.92. The standard InChI is InChI=1S/C21H15F3N2O2S2/c1-12-6-7-13(2)25(12)26-19(27)18(30-20(26)29)11-16-8-9-17(28-16)14-4-3-5-15(10-14)21(22,23)24/h3-11H,1-2H3. The van der Waals surface area contributed by atoms with E-state index in [1.165, 1.54) is 17.1 Å². The summed E-state index contributed by atoms with van der Waals surface area (Å²) in [6, 6.07) is 11.9. The van der Waals surface area contributed by atoms with Crippen molar-refractivity contribution < 1.29 is 22.4 Å². The maximum atomic E-state index is 12.9. The number of carbonyl (C=O) groups excluding carboxylic acids is 1. The first kappa shape index (κ1) is 20.5. The zero-order chi connectivity index (χ0) is 21.6. The van der Waals surface area contributed by atoms with Crippen molar-refractivity contribution in [3.8, 4) is 11.3 Å². The number of halogens is 3. The Bertz CT molecular complexity index is 1170. The summed E-state index contributed by atoms with van der Waals surface area (Å²) in [5.74, 6) is 0.341. The van der Waals surface area contributed by atoms with Crippen LogP contribution in [0.5, 0.6) is 0 Å². The zero-order valence-corrected chi connectivity index (χ0v) is 17.5. The molecule has 3 heterocycles. The molecule has 30 heavy (non-hydrogen) atoms. The average molecular weight is 448 g/mol. The van der Waals surface area contributed by atoms with Crippen molar-refractivity contribution in [1.29, 1.82) is 0 Å². The molecular formula is C21H15F3N2O2S2. The van der Waals surface area contributed by atoms with Gasteiger partial charge < -0.3 is 4.42 Å². The number of furan rings is 1. The van der Waals surface area contributed by atoms with Crippen LogP contribution in [-0.4, -0.2) is 14.9 Å². The first-order valence-corrected chi connectivity index (χ1v) is 10.1. The van der Waals surface area contributed by atoms with E-state index in [9.17, 15) is 18.0 Å². The van der Waals surface area contributed by atoms with Crippen LogP contribution >= 0.6 is 24.0 Å². The number of hydrogen-bond acceptors (Lipinski definition) is 4. The summed E-state index contributed by atoms with van der Waals surface area (Å²) in [7, 11) is 0. The van der Waals surface area contributed by atoms with Gasteiger partial charge in [-0.1, -0.05) is 23.9 Å². The monoisotopic (exact) mass is 448 g/mol. The molecule has 0 radical (unpaired) electrons. The summed E-state index contributed by atoms with van der Waals surface area (Å²) < 4.78 is 46.7. The Morgan fingerprint density at radius 2 is 1.77 bits per heavy atom. The van der Waals surface area contributed by atoms with Crippen molar-refractivity contribution in [2.24, 2.45) is 0 Å². The molecule has 0 saturated carbocycles. The van der Waals surface area contributed by atoms with Crippen LogP contribution in [0.1, 0.15) is 22.7 Å². The van der Waals surface area contributed by atoms with Crippen LogP contribution < -0.4 is 5.01 Å². The van der Waals surface area contributed by atoms with Crippen LogP contribution in [0.4, 0.5) is 13.2 Å². The van der Waals surface area contributed by atoms with Crippen LogP contribution in [-0.2, 0) is 11.0 Å². The third-order valence-corrected chi connectivity index (χ3v) is 5.86. The number of alkyl halides is 3. The Balaban J connectivity index is 1.62. The van der Waals surface area contributed by atoms with E-state index in [2.05, 4.69) is 0 Å². The second-order valence-corrected chi connectivity index (χ2v) is 8.38. The number of aryl methyl sites for hydroxylation is 2. The van der Waals surface area contributed by atoms with Gasteiger partial charge in [-0.15, -0.1) is 0 Å². The number of amides is 1. The van der Waals surface area contributed by atoms with Gasteiger partial charge in [-0.25, -0.2) is 0 Å². The minimum atomic E-state index is -4.44. The maximum Gasteiger partial charge on any atom is 0.416 e. The Hall–Kier alpha value is -2.78. The number of rotatable bonds is 3. The minimum absolute atomic E-state index is 0.278. The van der Waals surface area contributed by atoms with Gasteiger partial charge >= 0.3 is 6.18 Å². The summed E-state index contributed by atoms with van der Waals surface area (Å²) in [5.41, 5.74) is 1.29. The molecule has 2 aromatic heterocycles. The number of nitrogens with zero attached hydrogens (tertiary/aromatic N) is 2. The van der Waals surface area contributed by atoms with E-state index in [-0.39, 0.29) is 11.7 Å². The maximum absolute atomic E-state index is 12.9. The number of thiocarbonyl (C=S) groups is 1. The molecule has 1 aliphatic rings. The highest BCUT2D eigenvalue weighted by Crippen LogP contribution is 2.35. The van der Waals surface area contributed by atoms with Crippen LogP contribution in [0.15, 0.2) is 57.9 Å². The molecule has 0 bridgehead atoms. The molecule has 1 fully saturated rings. The fraction of sp³-hybridized carbons (Fsp3) is 0.143. The molecule has 0 unspecified atom stereocenters. The number of hydrogen-bond donors (Lipinski definition) is 0. The van der Waals surface area contributed by atoms with Gasteiger partial charge in [0.15, 0.2) is 4.32 Å². The first-order chi connectivity index (χ1) is 14.1. The Morgan fingerprint density at radius 3 is 2.43 bits per heavy atom. The Labute approximate surface area is 179 Å². The third-order valence-electron chi connectivity index (χ3n) is 4.58. The highest BCUT2D eigenvalue weighted by Gasteiger charge is 2.35. The number of aromatic nitrogens is 1. The van der Waals surface area contributed by atoms with Gasteiger partial charge in [-0.3, -0.25) is 9.47 Å². The van der Waals surface area contributed by atoms with E-state index in [4.69, 9.17) is 16.6 Å². The zero-order valence-electron chi connectivity index (χ0n) is 15.9. The van der Waals surface area contributed by atoms with E-state index in [0.29, 0.717) is 20.5 Å². The summed E-state index contributed by atoms with van der Waals surface area (Å²) in [6.07, 6.45) is -2.89. The highest BCUT2D eigenvalue weighted by atomic mass is 32.2. The molecular weight excluding hydrogens is 433 g/mol. The largest absolute Gasteiger partial charge is 0.457 e. The van der Waals surface area contributed by atoms with Crippen LogP contribution in [0, 0.1) is 13.8 Å². The smallest absolute Gasteiger partial charge is 0.416 e. The predicted molar refractivity (Wildman–Crippen MR) is 114 cm³/mol. The third kappa shape index (κ3) is 3.70. The Morgan fingerprint density at radius 1 is 1.07 bits per heavy atom. The molecule has 154 valence electrons. The molecule has 4 rings (SSSR count). The lowest BCUT2D eigenvalue weighted by Crippen LogP contribution is -2.39. The van der Waals surface area contributed by atoms with Crippen molar-refractivity contribution >= 4 is 40.3 Å². The number of benzene rings is 1. The quantitative estimate of drug-likeness (QED) is 0.368. The van der Waals surface area contributed by atoms with E-state index in [0.717, 1.165) is 35.3 Å². The molecule has 0 aliphatic carbocycles. The van der Waals surface area contributed by atoms with Crippen molar-refractivity contribution in [3.05, 3.63) is 76.1 Å². The van der Waals surface area contributed by atoms with E-state index < -0.39 is 11.7 Å². The molecule has 4 nitrogen and oxygen atoms in total. The van der Waals surface area contributed by atoms with Gasteiger partial charge in [0.05, 0.1) is 10.5 Å². The molecule has 9 heteroatoms. The molecule has 0 N–H and O–H groups in total. The lowest BCUT2D eigenvalue weighted by atomic mass is 10.1. The van der Waals surface area contributed by atoms with Gasteiger partial charge in [0, 0.05) is 23.0 Å². The second kappa shape index (κ2) is 7.48. The number of thioether (sulfide) groups is 1. The topological polar surface area (TPSA) is 38.4 Å². The van der Waals surface area contributed by atoms with Crippen LogP contribution in [0.25, 0.3) is 17.4 Å². The second-order valence-electron chi connectivity index (χ2n) is 6.70.